The van der Waals surface area contributed by atoms with Crippen LogP contribution in [0, 0.1) is 0 Å². The van der Waals surface area contributed by atoms with Crippen molar-refractivity contribution in [2.75, 3.05) is 0 Å². The molecule has 0 spiro atoms. The number of hydrogen-bond donors (Lipinski definition) is 0. The second kappa shape index (κ2) is 5.46. The molecule has 0 amide bonds. The third-order valence-corrected chi connectivity index (χ3v) is 10.1. The van der Waals surface area contributed by atoms with Gasteiger partial charge in [0.15, 0.2) is 0 Å². The van der Waals surface area contributed by atoms with Gasteiger partial charge in [0.1, 0.15) is 0 Å². The van der Waals surface area contributed by atoms with Gasteiger partial charge in [-0.2, -0.15) is 0 Å². The van der Waals surface area contributed by atoms with E-state index in [0.29, 0.717) is 0 Å². The Balaban J connectivity index is 1.99. The summed E-state index contributed by atoms with van der Waals surface area (Å²) in [5.74, 6) is 7.40. The molecule has 23 heavy (non-hydrogen) atoms. The predicted octanol–water partition coefficient (Wildman–Crippen LogP) is 5.66. The van der Waals surface area contributed by atoms with Gasteiger partial charge in [0, 0.05) is 0 Å². The summed E-state index contributed by atoms with van der Waals surface area (Å²) in [6.07, 6.45) is 2.05. The minimum atomic E-state index is -1.87. The fourth-order valence-corrected chi connectivity index (χ4v) is 9.05. The standard InChI is InChI=1S/C20H19GeNS/c1-21(2,3)17-11-7-10-15-16-13-22-18(12-19(16)23-20(15)17)14-8-5-4-6-9-14/h4-13H,1-3H3. The van der Waals surface area contributed by atoms with Crippen LogP contribution in [0.4, 0.5) is 0 Å². The van der Waals surface area contributed by atoms with E-state index in [4.69, 9.17) is 4.98 Å². The molecule has 1 nitrogen and oxygen atoms in total. The summed E-state index contributed by atoms with van der Waals surface area (Å²) in [4.78, 5) is 4.71. The first-order valence-electron chi connectivity index (χ1n) is 7.91. The van der Waals surface area contributed by atoms with Gasteiger partial charge in [-0.3, -0.25) is 0 Å². The van der Waals surface area contributed by atoms with Crippen molar-refractivity contribution < 1.29 is 0 Å². The number of thiophene rings is 1. The topological polar surface area (TPSA) is 12.9 Å². The number of hydrogen-bond acceptors (Lipinski definition) is 2. The van der Waals surface area contributed by atoms with E-state index in [0.717, 1.165) is 5.69 Å². The molecule has 3 heteroatoms. The number of pyridine rings is 1. The summed E-state index contributed by atoms with van der Waals surface area (Å²) in [5.41, 5.74) is 2.24. The van der Waals surface area contributed by atoms with E-state index in [1.165, 1.54) is 25.7 Å². The van der Waals surface area contributed by atoms with Gasteiger partial charge in [0.05, 0.1) is 0 Å². The van der Waals surface area contributed by atoms with E-state index in [2.05, 4.69) is 72.0 Å². The molecule has 0 atom stereocenters. The SMILES string of the molecule is [CH3][Ge]([CH3])([CH3])[c]1cccc2c1sc1cc(-c3ccccc3)ncc12. The zero-order chi connectivity index (χ0) is 16.0. The van der Waals surface area contributed by atoms with Crippen LogP contribution in [0.25, 0.3) is 31.4 Å². The van der Waals surface area contributed by atoms with Crippen molar-refractivity contribution in [2.45, 2.75) is 17.3 Å². The molecule has 0 aliphatic carbocycles. The van der Waals surface area contributed by atoms with Gasteiger partial charge in [0.25, 0.3) is 0 Å². The molecule has 2 aromatic heterocycles. The van der Waals surface area contributed by atoms with Crippen molar-refractivity contribution in [1.82, 2.24) is 4.98 Å². The van der Waals surface area contributed by atoms with Crippen LogP contribution in [0.1, 0.15) is 0 Å². The molecule has 0 aliphatic heterocycles. The van der Waals surface area contributed by atoms with E-state index < -0.39 is 13.3 Å². The number of aromatic nitrogens is 1. The zero-order valence-electron chi connectivity index (χ0n) is 13.6. The summed E-state index contributed by atoms with van der Waals surface area (Å²) in [5, 5.41) is 2.66. The molecule has 0 unspecified atom stereocenters. The van der Waals surface area contributed by atoms with Crippen LogP contribution in [0.3, 0.4) is 0 Å². The van der Waals surface area contributed by atoms with Crippen molar-refractivity contribution in [3.05, 3.63) is 60.8 Å². The first-order valence-corrected chi connectivity index (χ1v) is 16.1. The van der Waals surface area contributed by atoms with Crippen LogP contribution in [0.15, 0.2) is 60.8 Å². The van der Waals surface area contributed by atoms with Crippen LogP contribution in [0.5, 0.6) is 0 Å². The maximum absolute atomic E-state index is 4.71. The van der Waals surface area contributed by atoms with Crippen LogP contribution < -0.4 is 4.40 Å². The Morgan fingerprint density at radius 3 is 2.39 bits per heavy atom. The molecule has 2 heterocycles. The number of fused-ring (bicyclic) bond motifs is 3. The van der Waals surface area contributed by atoms with Gasteiger partial charge in [-0.05, 0) is 0 Å². The molecular formula is C20H19GeNS. The second-order valence-corrected chi connectivity index (χ2v) is 18.6. The summed E-state index contributed by atoms with van der Waals surface area (Å²) in [6, 6.07) is 19.5. The maximum atomic E-state index is 4.71. The molecule has 4 aromatic rings. The Hall–Kier alpha value is -1.65. The molecule has 0 aliphatic rings. The summed E-state index contributed by atoms with van der Waals surface area (Å²) < 4.78 is 4.42. The monoisotopic (exact) mass is 379 g/mol. The van der Waals surface area contributed by atoms with Gasteiger partial charge in [-0.1, -0.05) is 0 Å². The average molecular weight is 378 g/mol. The number of benzene rings is 2. The van der Waals surface area contributed by atoms with Crippen LogP contribution in [0.2, 0.25) is 17.3 Å². The Labute approximate surface area is 143 Å². The zero-order valence-corrected chi connectivity index (χ0v) is 16.5. The third kappa shape index (κ3) is 2.60. The summed E-state index contributed by atoms with van der Waals surface area (Å²) in [6.45, 7) is 0. The molecular weight excluding hydrogens is 359 g/mol. The molecule has 0 saturated carbocycles. The van der Waals surface area contributed by atoms with E-state index in [9.17, 15) is 0 Å². The molecule has 114 valence electrons. The van der Waals surface area contributed by atoms with Crippen molar-refractivity contribution in [3.8, 4) is 11.3 Å². The van der Waals surface area contributed by atoms with Crippen molar-refractivity contribution in [3.63, 3.8) is 0 Å². The molecule has 0 radical (unpaired) electrons. The van der Waals surface area contributed by atoms with Gasteiger partial charge in [-0.25, -0.2) is 0 Å². The summed E-state index contributed by atoms with van der Waals surface area (Å²) >= 11 is 0.0587. The molecule has 0 bridgehead atoms. The van der Waals surface area contributed by atoms with Crippen molar-refractivity contribution in [2.24, 2.45) is 0 Å². The molecule has 0 saturated heterocycles. The van der Waals surface area contributed by atoms with Crippen molar-refractivity contribution >= 4 is 49.2 Å². The Morgan fingerprint density at radius 2 is 1.65 bits per heavy atom. The Kier molecular flexibility index (Phi) is 3.54. The van der Waals surface area contributed by atoms with Gasteiger partial charge < -0.3 is 0 Å². The molecule has 2 aromatic carbocycles. The third-order valence-electron chi connectivity index (χ3n) is 4.26. The van der Waals surface area contributed by atoms with E-state index in [-0.39, 0.29) is 0 Å². The average Bonchev–Trinajstić information content (AvgIpc) is 2.92. The van der Waals surface area contributed by atoms with Gasteiger partial charge in [0.2, 0.25) is 0 Å². The van der Waals surface area contributed by atoms with Crippen LogP contribution in [-0.4, -0.2) is 18.3 Å². The Bertz CT molecular complexity index is 997. The fourth-order valence-electron chi connectivity index (χ4n) is 3.05. The quantitative estimate of drug-likeness (QED) is 0.410. The molecule has 0 N–H and O–H groups in total. The second-order valence-electron chi connectivity index (χ2n) is 6.97. The van der Waals surface area contributed by atoms with E-state index in [1.54, 1.807) is 4.40 Å². The first-order chi connectivity index (χ1) is 11.0. The van der Waals surface area contributed by atoms with Crippen LogP contribution in [-0.2, 0) is 0 Å². The van der Waals surface area contributed by atoms with E-state index in [1.807, 2.05) is 17.4 Å². The van der Waals surface area contributed by atoms with Crippen LogP contribution >= 0.6 is 11.3 Å². The summed E-state index contributed by atoms with van der Waals surface area (Å²) in [7, 11) is 0. The first kappa shape index (κ1) is 14.9. The normalized spacial score (nSPS) is 12.1. The molecule has 0 fully saturated rings. The van der Waals surface area contributed by atoms with Gasteiger partial charge >= 0.3 is 143 Å². The predicted molar refractivity (Wildman–Crippen MR) is 106 cm³/mol. The number of nitrogens with zero attached hydrogens (tertiary/aromatic N) is 1. The van der Waals surface area contributed by atoms with E-state index >= 15 is 0 Å². The number of rotatable bonds is 2. The molecule has 4 rings (SSSR count). The van der Waals surface area contributed by atoms with Gasteiger partial charge in [-0.15, -0.1) is 0 Å². The minimum absolute atomic E-state index is 1.06. The van der Waals surface area contributed by atoms with Crippen molar-refractivity contribution in [1.29, 1.82) is 0 Å². The fraction of sp³-hybridized carbons (Fsp3) is 0.150. The Morgan fingerprint density at radius 1 is 0.870 bits per heavy atom.